The fraction of sp³-hybridized carbons (Fsp3) is 1.00. The average Bonchev–Trinajstić information content (AvgIpc) is 2.35. The van der Waals surface area contributed by atoms with Gasteiger partial charge in [-0.3, -0.25) is 4.90 Å². The molecule has 0 aliphatic carbocycles. The van der Waals surface area contributed by atoms with E-state index in [1.54, 1.807) is 11.8 Å². The second kappa shape index (κ2) is 7.23. The minimum Gasteiger partial charge on any atom is -0.383 e. The topological polar surface area (TPSA) is 61.9 Å². The van der Waals surface area contributed by atoms with E-state index in [9.17, 15) is 21.6 Å². The molecule has 0 bridgehead atoms. The van der Waals surface area contributed by atoms with Gasteiger partial charge in [-0.25, -0.2) is 0 Å². The van der Waals surface area contributed by atoms with Crippen LogP contribution in [0.5, 0.6) is 0 Å². The van der Waals surface area contributed by atoms with E-state index >= 15 is 0 Å². The van der Waals surface area contributed by atoms with Crippen molar-refractivity contribution in [1.82, 2.24) is 13.9 Å². The van der Waals surface area contributed by atoms with Crippen LogP contribution in [-0.2, 0) is 14.9 Å². The molecule has 21 heavy (non-hydrogen) atoms. The van der Waals surface area contributed by atoms with Gasteiger partial charge in [0.15, 0.2) is 0 Å². The fourth-order valence-electron chi connectivity index (χ4n) is 2.41. The summed E-state index contributed by atoms with van der Waals surface area (Å²) in [5, 5.41) is 0. The maximum atomic E-state index is 12.1. The molecule has 1 saturated heterocycles. The fourth-order valence-corrected chi connectivity index (χ4v) is 3.76. The van der Waals surface area contributed by atoms with Gasteiger partial charge >= 0.3 is 6.18 Å². The number of nitrogens with one attached hydrogen (secondary N) is 1. The van der Waals surface area contributed by atoms with Gasteiger partial charge in [0, 0.05) is 38.8 Å². The number of ether oxygens (including phenoxy) is 1. The summed E-state index contributed by atoms with van der Waals surface area (Å²) in [6, 6.07) is -0.183. The highest BCUT2D eigenvalue weighted by Gasteiger charge is 2.37. The third-order valence-corrected chi connectivity index (χ3v) is 4.90. The molecule has 0 aromatic rings. The molecule has 10 heteroatoms. The first-order valence-electron chi connectivity index (χ1n) is 6.63. The molecule has 0 unspecified atom stereocenters. The quantitative estimate of drug-likeness (QED) is 0.765. The number of piperazine rings is 1. The van der Waals surface area contributed by atoms with Gasteiger partial charge in [0.05, 0.1) is 6.61 Å². The van der Waals surface area contributed by atoms with Crippen molar-refractivity contribution in [3.05, 3.63) is 0 Å². The van der Waals surface area contributed by atoms with Crippen molar-refractivity contribution >= 4 is 10.2 Å². The SMILES string of the molecule is COCCN1[C@@H](C)CN(S(=O)(=O)NCC(F)(F)F)C[C@@H]1C. The average molecular weight is 333 g/mol. The van der Waals surface area contributed by atoms with E-state index < -0.39 is 22.9 Å². The molecule has 1 aliphatic heterocycles. The van der Waals surface area contributed by atoms with Crippen molar-refractivity contribution < 1.29 is 26.3 Å². The van der Waals surface area contributed by atoms with Crippen LogP contribution in [0.1, 0.15) is 13.8 Å². The molecule has 0 spiro atoms. The summed E-state index contributed by atoms with van der Waals surface area (Å²) in [4.78, 5) is 2.08. The maximum Gasteiger partial charge on any atom is 0.402 e. The van der Waals surface area contributed by atoms with E-state index in [1.807, 2.05) is 13.8 Å². The van der Waals surface area contributed by atoms with Crippen LogP contribution in [0, 0.1) is 0 Å². The normalized spacial score (nSPS) is 26.2. The van der Waals surface area contributed by atoms with Gasteiger partial charge in [0.25, 0.3) is 10.2 Å². The summed E-state index contributed by atoms with van der Waals surface area (Å²) >= 11 is 0. The summed E-state index contributed by atoms with van der Waals surface area (Å²) in [7, 11) is -2.54. The van der Waals surface area contributed by atoms with E-state index in [0.29, 0.717) is 13.2 Å². The van der Waals surface area contributed by atoms with Gasteiger partial charge in [-0.15, -0.1) is 0 Å². The Morgan fingerprint density at radius 2 is 1.76 bits per heavy atom. The summed E-state index contributed by atoms with van der Waals surface area (Å²) in [6.45, 7) is 3.62. The van der Waals surface area contributed by atoms with E-state index in [1.165, 1.54) is 0 Å². The zero-order valence-electron chi connectivity index (χ0n) is 12.4. The Kier molecular flexibility index (Phi) is 6.41. The van der Waals surface area contributed by atoms with Crippen molar-refractivity contribution in [1.29, 1.82) is 0 Å². The van der Waals surface area contributed by atoms with E-state index in [4.69, 9.17) is 4.74 Å². The zero-order valence-corrected chi connectivity index (χ0v) is 13.2. The first-order valence-corrected chi connectivity index (χ1v) is 8.07. The minimum atomic E-state index is -4.56. The van der Waals surface area contributed by atoms with Gasteiger partial charge < -0.3 is 4.74 Å². The molecule has 2 atom stereocenters. The van der Waals surface area contributed by atoms with Crippen LogP contribution in [0.4, 0.5) is 13.2 Å². The molecule has 1 heterocycles. The molecule has 0 amide bonds. The van der Waals surface area contributed by atoms with Crippen molar-refractivity contribution in [2.24, 2.45) is 0 Å². The molecule has 0 saturated carbocycles. The number of halogens is 3. The van der Waals surface area contributed by atoms with Gasteiger partial charge in [-0.2, -0.15) is 30.6 Å². The number of hydrogen-bond acceptors (Lipinski definition) is 4. The third kappa shape index (κ3) is 5.70. The smallest absolute Gasteiger partial charge is 0.383 e. The lowest BCUT2D eigenvalue weighted by atomic mass is 10.1. The summed E-state index contributed by atoms with van der Waals surface area (Å²) in [5.74, 6) is 0. The van der Waals surface area contributed by atoms with Gasteiger partial charge in [-0.1, -0.05) is 0 Å². The lowest BCUT2D eigenvalue weighted by Crippen LogP contribution is -2.60. The lowest BCUT2D eigenvalue weighted by molar-refractivity contribution is -0.121. The number of methoxy groups -OCH3 is 1. The molecule has 1 N–H and O–H groups in total. The number of rotatable bonds is 6. The van der Waals surface area contributed by atoms with Crippen molar-refractivity contribution in [2.75, 3.05) is 39.9 Å². The second-order valence-electron chi connectivity index (χ2n) is 5.19. The number of nitrogens with zero attached hydrogens (tertiary/aromatic N) is 2. The van der Waals surface area contributed by atoms with Crippen LogP contribution in [-0.4, -0.2) is 75.8 Å². The van der Waals surface area contributed by atoms with Crippen molar-refractivity contribution in [3.63, 3.8) is 0 Å². The molecular weight excluding hydrogens is 311 g/mol. The molecule has 0 aromatic heterocycles. The van der Waals surface area contributed by atoms with Gasteiger partial charge in [0.1, 0.15) is 6.54 Å². The van der Waals surface area contributed by atoms with Crippen LogP contribution in [0.2, 0.25) is 0 Å². The van der Waals surface area contributed by atoms with Crippen molar-refractivity contribution in [2.45, 2.75) is 32.1 Å². The monoisotopic (exact) mass is 333 g/mol. The lowest BCUT2D eigenvalue weighted by Gasteiger charge is -2.43. The van der Waals surface area contributed by atoms with E-state index in [-0.39, 0.29) is 25.2 Å². The van der Waals surface area contributed by atoms with Crippen LogP contribution in [0.25, 0.3) is 0 Å². The Balaban J connectivity index is 2.66. The highest BCUT2D eigenvalue weighted by molar-refractivity contribution is 7.87. The Labute approximate surface area is 123 Å². The Morgan fingerprint density at radius 3 is 2.19 bits per heavy atom. The van der Waals surface area contributed by atoms with Gasteiger partial charge in [0.2, 0.25) is 0 Å². The third-order valence-electron chi connectivity index (χ3n) is 3.42. The summed E-state index contributed by atoms with van der Waals surface area (Å²) in [5.41, 5.74) is 0. The number of hydrogen-bond donors (Lipinski definition) is 1. The maximum absolute atomic E-state index is 12.1. The van der Waals surface area contributed by atoms with E-state index in [0.717, 1.165) is 4.31 Å². The second-order valence-corrected chi connectivity index (χ2v) is 6.94. The molecule has 1 rings (SSSR count). The Hall–Kier alpha value is -0.420. The standard InChI is InChI=1S/C11H22F3N3O3S/c1-9-6-16(7-10(2)17(9)4-5-20-3)21(18,19)15-8-11(12,13)14/h9-10,15H,4-8H2,1-3H3/t9-,10-/m0/s1. The molecule has 126 valence electrons. The Bertz CT molecular complexity index is 418. The molecule has 1 fully saturated rings. The molecule has 6 nitrogen and oxygen atoms in total. The largest absolute Gasteiger partial charge is 0.402 e. The van der Waals surface area contributed by atoms with Gasteiger partial charge in [-0.05, 0) is 13.8 Å². The predicted molar refractivity (Wildman–Crippen MR) is 72.1 cm³/mol. The molecule has 0 aromatic carbocycles. The zero-order chi connectivity index (χ0) is 16.3. The van der Waals surface area contributed by atoms with E-state index in [2.05, 4.69) is 4.90 Å². The van der Waals surface area contributed by atoms with Crippen LogP contribution < -0.4 is 4.72 Å². The predicted octanol–water partition coefficient (Wildman–Crippen LogP) is 0.424. The van der Waals surface area contributed by atoms with Crippen molar-refractivity contribution in [3.8, 4) is 0 Å². The molecule has 1 aliphatic rings. The molecular formula is C11H22F3N3O3S. The number of alkyl halides is 3. The van der Waals surface area contributed by atoms with Crippen LogP contribution >= 0.6 is 0 Å². The highest BCUT2D eigenvalue weighted by Crippen LogP contribution is 2.19. The van der Waals surface area contributed by atoms with Crippen LogP contribution in [0.15, 0.2) is 0 Å². The minimum absolute atomic E-state index is 0.0913. The highest BCUT2D eigenvalue weighted by atomic mass is 32.2. The summed E-state index contributed by atoms with van der Waals surface area (Å²) < 4.78 is 67.9. The Morgan fingerprint density at radius 1 is 1.24 bits per heavy atom. The van der Waals surface area contributed by atoms with Crippen LogP contribution in [0.3, 0.4) is 0 Å². The summed E-state index contributed by atoms with van der Waals surface area (Å²) in [6.07, 6.45) is -4.56. The molecule has 0 radical (unpaired) electrons. The first-order chi connectivity index (χ1) is 9.57. The first kappa shape index (κ1) is 18.6.